The van der Waals surface area contributed by atoms with E-state index in [1.807, 2.05) is 0 Å². The van der Waals surface area contributed by atoms with Gasteiger partial charge in [-0.15, -0.1) is 5.10 Å². The molecule has 1 aromatic rings. The van der Waals surface area contributed by atoms with Crippen molar-refractivity contribution in [1.82, 2.24) is 10.2 Å². The number of hydrogen-bond acceptors (Lipinski definition) is 5. The minimum absolute atomic E-state index is 0.159. The maximum Gasteiger partial charge on any atom is 0.511 e. The summed E-state index contributed by atoms with van der Waals surface area (Å²) in [5.74, 6) is 0.699. The van der Waals surface area contributed by atoms with E-state index in [1.54, 1.807) is 19.0 Å². The number of nitrogens with zero attached hydrogens (tertiary/aromatic N) is 3. The van der Waals surface area contributed by atoms with E-state index in [-0.39, 0.29) is 5.75 Å². The largest absolute Gasteiger partial charge is 0.511 e. The van der Waals surface area contributed by atoms with Gasteiger partial charge < -0.3 is 14.7 Å². The molecule has 1 rings (SSSR count). The minimum atomic E-state index is -1.36. The molecule has 0 aliphatic rings. The predicted molar refractivity (Wildman–Crippen MR) is 45.0 cm³/mol. The van der Waals surface area contributed by atoms with Crippen LogP contribution < -0.4 is 9.64 Å². The van der Waals surface area contributed by atoms with Gasteiger partial charge in [0.15, 0.2) is 11.6 Å². The first kappa shape index (κ1) is 9.24. The molecule has 1 N–H and O–H groups in total. The molecule has 0 amide bonds. The normalized spacial score (nSPS) is 9.38. The molecular weight excluding hydrogens is 174 g/mol. The van der Waals surface area contributed by atoms with Gasteiger partial charge in [0.2, 0.25) is 0 Å². The van der Waals surface area contributed by atoms with Gasteiger partial charge in [-0.05, 0) is 0 Å². The van der Waals surface area contributed by atoms with Crippen LogP contribution in [0.1, 0.15) is 0 Å². The van der Waals surface area contributed by atoms with Crippen molar-refractivity contribution in [1.29, 1.82) is 0 Å². The summed E-state index contributed by atoms with van der Waals surface area (Å²) >= 11 is 0. The highest BCUT2D eigenvalue weighted by Gasteiger charge is 2.04. The highest BCUT2D eigenvalue weighted by Crippen LogP contribution is 2.14. The summed E-state index contributed by atoms with van der Waals surface area (Å²) in [6.45, 7) is 0. The zero-order valence-corrected chi connectivity index (χ0v) is 7.26. The molecule has 0 bridgehead atoms. The molecule has 70 valence electrons. The average Bonchev–Trinajstić information content (AvgIpc) is 2.03. The summed E-state index contributed by atoms with van der Waals surface area (Å²) in [4.78, 5) is 11.9. The summed E-state index contributed by atoms with van der Waals surface area (Å²) in [7, 11) is 3.54. The molecule has 13 heavy (non-hydrogen) atoms. The summed E-state index contributed by atoms with van der Waals surface area (Å²) < 4.78 is 4.39. The van der Waals surface area contributed by atoms with Crippen LogP contribution in [0.25, 0.3) is 0 Å². The molecule has 1 heterocycles. The van der Waals surface area contributed by atoms with E-state index in [0.717, 1.165) is 0 Å². The Labute approximate surface area is 74.8 Å². The van der Waals surface area contributed by atoms with E-state index >= 15 is 0 Å². The summed E-state index contributed by atoms with van der Waals surface area (Å²) in [5.41, 5.74) is 0. The summed E-state index contributed by atoms with van der Waals surface area (Å²) in [6, 6.07) is 1.49. The second kappa shape index (κ2) is 3.70. The number of hydrogen-bond donors (Lipinski definition) is 1. The number of anilines is 1. The fourth-order valence-corrected chi connectivity index (χ4v) is 0.713. The highest BCUT2D eigenvalue weighted by molar-refractivity contribution is 5.61. The van der Waals surface area contributed by atoms with E-state index in [4.69, 9.17) is 5.11 Å². The molecule has 0 atom stereocenters. The molecule has 0 saturated heterocycles. The Kier molecular flexibility index (Phi) is 2.63. The lowest BCUT2D eigenvalue weighted by molar-refractivity contribution is 0.144. The molecule has 6 nitrogen and oxygen atoms in total. The van der Waals surface area contributed by atoms with Crippen LogP contribution in [-0.4, -0.2) is 35.6 Å². The van der Waals surface area contributed by atoms with E-state index in [9.17, 15) is 4.79 Å². The van der Waals surface area contributed by atoms with E-state index < -0.39 is 6.16 Å². The highest BCUT2D eigenvalue weighted by atomic mass is 16.7. The Morgan fingerprint density at radius 3 is 2.85 bits per heavy atom. The maximum absolute atomic E-state index is 10.2. The molecule has 6 heteroatoms. The third-order valence-corrected chi connectivity index (χ3v) is 1.28. The third-order valence-electron chi connectivity index (χ3n) is 1.28. The van der Waals surface area contributed by atoms with E-state index in [2.05, 4.69) is 14.9 Å². The van der Waals surface area contributed by atoms with Crippen molar-refractivity contribution in [2.75, 3.05) is 19.0 Å². The smallest absolute Gasteiger partial charge is 0.449 e. The van der Waals surface area contributed by atoms with Crippen LogP contribution >= 0.6 is 0 Å². The second-order valence-corrected chi connectivity index (χ2v) is 2.51. The predicted octanol–water partition coefficient (Wildman–Crippen LogP) is 0.599. The number of rotatable bonds is 2. The van der Waals surface area contributed by atoms with Crippen molar-refractivity contribution in [3.63, 3.8) is 0 Å². The molecule has 0 radical (unpaired) electrons. The van der Waals surface area contributed by atoms with Crippen LogP contribution in [0, 0.1) is 0 Å². The second-order valence-electron chi connectivity index (χ2n) is 2.51. The monoisotopic (exact) mass is 183 g/mol. The standard InChI is InChI=1S/C7H9N3O3/c1-10(2)6-3-5(4-8-9-6)13-7(11)12/h3-4H,1-2H3,(H,11,12). The van der Waals surface area contributed by atoms with Gasteiger partial charge in [-0.1, -0.05) is 0 Å². The Morgan fingerprint density at radius 2 is 2.31 bits per heavy atom. The van der Waals surface area contributed by atoms with Crippen molar-refractivity contribution in [3.05, 3.63) is 12.3 Å². The van der Waals surface area contributed by atoms with Crippen molar-refractivity contribution in [3.8, 4) is 5.75 Å². The maximum atomic E-state index is 10.2. The molecule has 0 aromatic carbocycles. The number of aromatic nitrogens is 2. The lowest BCUT2D eigenvalue weighted by Gasteiger charge is -2.09. The summed E-state index contributed by atoms with van der Waals surface area (Å²) in [5, 5.41) is 15.6. The lowest BCUT2D eigenvalue weighted by Crippen LogP contribution is -2.12. The number of carboxylic acid groups (broad SMARTS) is 1. The Bertz CT molecular complexity index is 314. The zero-order chi connectivity index (χ0) is 9.84. The van der Waals surface area contributed by atoms with Crippen LogP contribution in [0.5, 0.6) is 5.75 Å². The van der Waals surface area contributed by atoms with Gasteiger partial charge in [0, 0.05) is 20.2 Å². The Balaban J connectivity index is 2.85. The third kappa shape index (κ3) is 2.58. The number of carbonyl (C=O) groups is 1. The van der Waals surface area contributed by atoms with Crippen molar-refractivity contribution < 1.29 is 14.6 Å². The molecule has 0 fully saturated rings. The van der Waals surface area contributed by atoms with Crippen LogP contribution in [-0.2, 0) is 0 Å². The van der Waals surface area contributed by atoms with Crippen LogP contribution in [0.4, 0.5) is 10.6 Å². The topological polar surface area (TPSA) is 75.5 Å². The average molecular weight is 183 g/mol. The molecule has 1 aromatic heterocycles. The Morgan fingerprint density at radius 1 is 1.62 bits per heavy atom. The SMILES string of the molecule is CN(C)c1cc(OC(=O)O)cnn1. The van der Waals surface area contributed by atoms with Gasteiger partial charge >= 0.3 is 6.16 Å². The van der Waals surface area contributed by atoms with Gasteiger partial charge in [-0.3, -0.25) is 0 Å². The lowest BCUT2D eigenvalue weighted by atomic mass is 10.5. The fraction of sp³-hybridized carbons (Fsp3) is 0.286. The van der Waals surface area contributed by atoms with Gasteiger partial charge in [-0.25, -0.2) is 4.79 Å². The van der Waals surface area contributed by atoms with Gasteiger partial charge in [0.05, 0.1) is 6.20 Å². The Hall–Kier alpha value is -1.85. The quantitative estimate of drug-likeness (QED) is 0.676. The van der Waals surface area contributed by atoms with E-state index in [1.165, 1.54) is 12.3 Å². The molecule has 0 unspecified atom stereocenters. The van der Waals surface area contributed by atoms with Gasteiger partial charge in [-0.2, -0.15) is 5.10 Å². The van der Waals surface area contributed by atoms with E-state index in [0.29, 0.717) is 5.82 Å². The fourth-order valence-electron chi connectivity index (χ4n) is 0.713. The first-order valence-electron chi connectivity index (χ1n) is 3.50. The number of ether oxygens (including phenoxy) is 1. The molecule has 0 aliphatic heterocycles. The van der Waals surface area contributed by atoms with Crippen molar-refractivity contribution >= 4 is 12.0 Å². The minimum Gasteiger partial charge on any atom is -0.449 e. The zero-order valence-electron chi connectivity index (χ0n) is 7.26. The summed E-state index contributed by atoms with van der Waals surface area (Å²) in [6.07, 6.45) is -0.126. The first-order valence-corrected chi connectivity index (χ1v) is 3.50. The molecular formula is C7H9N3O3. The van der Waals surface area contributed by atoms with Crippen molar-refractivity contribution in [2.45, 2.75) is 0 Å². The van der Waals surface area contributed by atoms with Gasteiger partial charge in [0.1, 0.15) is 0 Å². The van der Waals surface area contributed by atoms with Gasteiger partial charge in [0.25, 0.3) is 0 Å². The molecule has 0 spiro atoms. The molecule has 0 saturated carbocycles. The molecule has 0 aliphatic carbocycles. The van der Waals surface area contributed by atoms with Crippen molar-refractivity contribution in [2.24, 2.45) is 0 Å². The first-order chi connectivity index (χ1) is 6.09. The van der Waals surface area contributed by atoms with Crippen LogP contribution in [0.15, 0.2) is 12.3 Å². The van der Waals surface area contributed by atoms with Crippen LogP contribution in [0.3, 0.4) is 0 Å². The van der Waals surface area contributed by atoms with Crippen LogP contribution in [0.2, 0.25) is 0 Å².